The van der Waals surface area contributed by atoms with Crippen LogP contribution in [0.3, 0.4) is 0 Å². The largest absolute Gasteiger partial charge is 0.398 e. The van der Waals surface area contributed by atoms with Crippen LogP contribution in [0.15, 0.2) is 30.3 Å². The Morgan fingerprint density at radius 3 is 2.65 bits per heavy atom. The molecular formula is C13H14N2OS. The van der Waals surface area contributed by atoms with Crippen LogP contribution in [0.2, 0.25) is 0 Å². The van der Waals surface area contributed by atoms with E-state index in [1.54, 1.807) is 17.4 Å². The molecule has 4 heteroatoms. The zero-order valence-corrected chi connectivity index (χ0v) is 10.6. The minimum Gasteiger partial charge on any atom is -0.398 e. The summed E-state index contributed by atoms with van der Waals surface area (Å²) in [6.45, 7) is 3.89. The summed E-state index contributed by atoms with van der Waals surface area (Å²) in [7, 11) is 0. The average Bonchev–Trinajstić information content (AvgIpc) is 2.68. The van der Waals surface area contributed by atoms with Crippen molar-refractivity contribution < 1.29 is 4.79 Å². The van der Waals surface area contributed by atoms with Crippen molar-refractivity contribution in [3.05, 3.63) is 46.3 Å². The molecule has 0 atom stereocenters. The van der Waals surface area contributed by atoms with E-state index in [4.69, 9.17) is 5.73 Å². The van der Waals surface area contributed by atoms with Crippen molar-refractivity contribution in [2.45, 2.75) is 13.8 Å². The Morgan fingerprint density at radius 1 is 1.24 bits per heavy atom. The van der Waals surface area contributed by atoms with Gasteiger partial charge in [-0.1, -0.05) is 12.1 Å². The molecule has 0 bridgehead atoms. The number of nitrogen functional groups attached to an aromatic ring is 1. The van der Waals surface area contributed by atoms with Crippen molar-refractivity contribution in [2.24, 2.45) is 0 Å². The van der Waals surface area contributed by atoms with Gasteiger partial charge in [-0.3, -0.25) is 4.79 Å². The fourth-order valence-electron chi connectivity index (χ4n) is 1.56. The van der Waals surface area contributed by atoms with E-state index in [0.717, 1.165) is 15.4 Å². The lowest BCUT2D eigenvalue weighted by atomic mass is 10.1. The van der Waals surface area contributed by atoms with E-state index in [1.165, 1.54) is 0 Å². The third-order valence-electron chi connectivity index (χ3n) is 2.55. The molecule has 0 fully saturated rings. The second kappa shape index (κ2) is 4.59. The Balaban J connectivity index is 2.23. The van der Waals surface area contributed by atoms with E-state index >= 15 is 0 Å². The van der Waals surface area contributed by atoms with Crippen LogP contribution >= 0.6 is 11.3 Å². The van der Waals surface area contributed by atoms with Gasteiger partial charge < -0.3 is 11.1 Å². The predicted molar refractivity (Wildman–Crippen MR) is 72.6 cm³/mol. The molecule has 17 heavy (non-hydrogen) atoms. The first-order valence-corrected chi connectivity index (χ1v) is 6.12. The summed E-state index contributed by atoms with van der Waals surface area (Å²) in [4.78, 5) is 13.2. The van der Waals surface area contributed by atoms with Gasteiger partial charge in [-0.25, -0.2) is 0 Å². The van der Waals surface area contributed by atoms with E-state index in [9.17, 15) is 4.79 Å². The highest BCUT2D eigenvalue weighted by molar-refractivity contribution is 7.16. The van der Waals surface area contributed by atoms with E-state index in [2.05, 4.69) is 5.32 Å². The van der Waals surface area contributed by atoms with Crippen molar-refractivity contribution in [3.63, 3.8) is 0 Å². The maximum absolute atomic E-state index is 12.0. The summed E-state index contributed by atoms with van der Waals surface area (Å²) >= 11 is 1.55. The highest BCUT2D eigenvalue weighted by Gasteiger charge is 2.11. The SMILES string of the molecule is Cc1ccc(NC(=O)c2cccc(C)c2N)s1. The Morgan fingerprint density at radius 2 is 2.00 bits per heavy atom. The topological polar surface area (TPSA) is 55.1 Å². The highest BCUT2D eigenvalue weighted by atomic mass is 32.1. The monoisotopic (exact) mass is 246 g/mol. The molecule has 88 valence electrons. The third kappa shape index (κ3) is 2.47. The summed E-state index contributed by atoms with van der Waals surface area (Å²) in [5, 5.41) is 3.69. The van der Waals surface area contributed by atoms with Gasteiger partial charge >= 0.3 is 0 Å². The predicted octanol–water partition coefficient (Wildman–Crippen LogP) is 3.20. The first-order valence-electron chi connectivity index (χ1n) is 5.31. The fraction of sp³-hybridized carbons (Fsp3) is 0.154. The Hall–Kier alpha value is -1.81. The van der Waals surface area contributed by atoms with Crippen LogP contribution < -0.4 is 11.1 Å². The first kappa shape index (κ1) is 11.7. The standard InChI is InChI=1S/C13H14N2OS/c1-8-4-3-5-10(12(8)14)13(16)15-11-7-6-9(2)17-11/h3-7H,14H2,1-2H3,(H,15,16). The number of amides is 1. The van der Waals surface area contributed by atoms with Crippen LogP contribution in [-0.4, -0.2) is 5.91 Å². The zero-order chi connectivity index (χ0) is 12.4. The highest BCUT2D eigenvalue weighted by Crippen LogP contribution is 2.23. The summed E-state index contributed by atoms with van der Waals surface area (Å²) in [6, 6.07) is 9.32. The maximum Gasteiger partial charge on any atom is 0.258 e. The number of carbonyl (C=O) groups excluding carboxylic acids is 1. The van der Waals surface area contributed by atoms with Gasteiger partial charge in [-0.15, -0.1) is 11.3 Å². The number of aryl methyl sites for hydroxylation is 2. The molecule has 2 rings (SSSR count). The maximum atomic E-state index is 12.0. The number of carbonyl (C=O) groups is 1. The number of nitrogens with two attached hydrogens (primary N) is 1. The van der Waals surface area contributed by atoms with Gasteiger partial charge in [0.1, 0.15) is 0 Å². The van der Waals surface area contributed by atoms with Crippen LogP contribution in [0.4, 0.5) is 10.7 Å². The average molecular weight is 246 g/mol. The second-order valence-electron chi connectivity index (χ2n) is 3.90. The van der Waals surface area contributed by atoms with Crippen LogP contribution in [0, 0.1) is 13.8 Å². The molecule has 0 unspecified atom stereocenters. The van der Waals surface area contributed by atoms with E-state index in [0.29, 0.717) is 11.3 Å². The third-order valence-corrected chi connectivity index (χ3v) is 3.46. The molecule has 0 radical (unpaired) electrons. The molecule has 3 N–H and O–H groups in total. The summed E-state index contributed by atoms with van der Waals surface area (Å²) in [5.41, 5.74) is 7.87. The minimum absolute atomic E-state index is 0.159. The molecule has 2 aromatic rings. The molecule has 0 saturated heterocycles. The Kier molecular flexibility index (Phi) is 3.15. The lowest BCUT2D eigenvalue weighted by Gasteiger charge is -2.07. The van der Waals surface area contributed by atoms with Crippen molar-refractivity contribution in [1.29, 1.82) is 0 Å². The molecule has 1 amide bonds. The van der Waals surface area contributed by atoms with Crippen molar-refractivity contribution >= 4 is 27.9 Å². The Bertz CT molecular complexity index is 560. The first-order chi connectivity index (χ1) is 8.08. The van der Waals surface area contributed by atoms with Gasteiger partial charge in [-0.05, 0) is 37.6 Å². The van der Waals surface area contributed by atoms with Crippen molar-refractivity contribution in [3.8, 4) is 0 Å². The second-order valence-corrected chi connectivity index (χ2v) is 5.19. The van der Waals surface area contributed by atoms with Gasteiger partial charge in [0.05, 0.1) is 10.6 Å². The van der Waals surface area contributed by atoms with E-state index in [-0.39, 0.29) is 5.91 Å². The van der Waals surface area contributed by atoms with Gasteiger partial charge in [-0.2, -0.15) is 0 Å². The molecule has 1 aromatic heterocycles. The Labute approximate surface area is 104 Å². The fourth-order valence-corrected chi connectivity index (χ4v) is 2.32. The smallest absolute Gasteiger partial charge is 0.258 e. The number of anilines is 2. The van der Waals surface area contributed by atoms with Gasteiger partial charge in [0, 0.05) is 10.6 Å². The number of nitrogens with one attached hydrogen (secondary N) is 1. The van der Waals surface area contributed by atoms with E-state index in [1.807, 2.05) is 38.1 Å². The number of benzene rings is 1. The van der Waals surface area contributed by atoms with Gasteiger partial charge in [0.25, 0.3) is 5.91 Å². The quantitative estimate of drug-likeness (QED) is 0.799. The summed E-state index contributed by atoms with van der Waals surface area (Å²) in [6.07, 6.45) is 0. The van der Waals surface area contributed by atoms with Crippen LogP contribution in [0.25, 0.3) is 0 Å². The van der Waals surface area contributed by atoms with E-state index < -0.39 is 0 Å². The molecular weight excluding hydrogens is 232 g/mol. The molecule has 1 aromatic carbocycles. The molecule has 3 nitrogen and oxygen atoms in total. The number of para-hydroxylation sites is 1. The summed E-state index contributed by atoms with van der Waals surface area (Å²) in [5.74, 6) is -0.159. The number of hydrogen-bond acceptors (Lipinski definition) is 3. The lowest BCUT2D eigenvalue weighted by Crippen LogP contribution is -2.13. The van der Waals surface area contributed by atoms with Crippen LogP contribution in [-0.2, 0) is 0 Å². The summed E-state index contributed by atoms with van der Waals surface area (Å²) < 4.78 is 0. The normalized spacial score (nSPS) is 10.2. The van der Waals surface area contributed by atoms with Gasteiger partial charge in [0.15, 0.2) is 0 Å². The molecule has 0 spiro atoms. The molecule has 0 aliphatic rings. The van der Waals surface area contributed by atoms with Crippen LogP contribution in [0.5, 0.6) is 0 Å². The number of rotatable bonds is 2. The molecule has 0 aliphatic carbocycles. The molecule has 0 saturated carbocycles. The molecule has 1 heterocycles. The van der Waals surface area contributed by atoms with Crippen molar-refractivity contribution in [2.75, 3.05) is 11.1 Å². The molecule has 0 aliphatic heterocycles. The van der Waals surface area contributed by atoms with Crippen LogP contribution in [0.1, 0.15) is 20.8 Å². The van der Waals surface area contributed by atoms with Gasteiger partial charge in [0.2, 0.25) is 0 Å². The zero-order valence-electron chi connectivity index (χ0n) is 9.78. The van der Waals surface area contributed by atoms with Crippen molar-refractivity contribution in [1.82, 2.24) is 0 Å². The minimum atomic E-state index is -0.159. The number of thiophene rings is 1. The lowest BCUT2D eigenvalue weighted by molar-refractivity contribution is 0.102. The number of hydrogen-bond donors (Lipinski definition) is 2.